The van der Waals surface area contributed by atoms with Gasteiger partial charge in [-0.15, -0.1) is 0 Å². The molecule has 0 aliphatic rings. The molecule has 0 radical (unpaired) electrons. The molecule has 7 nitrogen and oxygen atoms in total. The van der Waals surface area contributed by atoms with Gasteiger partial charge in [-0.25, -0.2) is 8.42 Å². The fourth-order valence-electron chi connectivity index (χ4n) is 3.52. The van der Waals surface area contributed by atoms with Crippen molar-refractivity contribution in [3.63, 3.8) is 0 Å². The Morgan fingerprint density at radius 3 is 2.26 bits per heavy atom. The van der Waals surface area contributed by atoms with Gasteiger partial charge in [0.1, 0.15) is 6.04 Å². The summed E-state index contributed by atoms with van der Waals surface area (Å²) in [5, 5.41) is 3.40. The van der Waals surface area contributed by atoms with Crippen LogP contribution < -0.4 is 9.62 Å². The second-order valence-corrected chi connectivity index (χ2v) is 11.6. The standard InChI is InChI=1S/C25H33BrClN3O4S/c1-4-5-16-28-25(32)19(2)29(18-20-8-10-21(26)11-9-20)24(31)7-6-17-30(35(3,33)34)23-14-12-22(27)13-15-23/h8-15,19H,4-7,16-18H2,1-3H3,(H,28,32). The van der Waals surface area contributed by atoms with Gasteiger partial charge in [0.05, 0.1) is 11.9 Å². The van der Waals surface area contributed by atoms with Crippen molar-refractivity contribution >= 4 is 55.1 Å². The maximum atomic E-state index is 13.3. The summed E-state index contributed by atoms with van der Waals surface area (Å²) in [7, 11) is -3.55. The third-order valence-electron chi connectivity index (χ3n) is 5.53. The third-order valence-corrected chi connectivity index (χ3v) is 7.50. The molecule has 0 spiro atoms. The Bertz CT molecular complexity index is 1080. The van der Waals surface area contributed by atoms with Crippen molar-refractivity contribution in [1.82, 2.24) is 10.2 Å². The van der Waals surface area contributed by atoms with Crippen molar-refractivity contribution in [2.24, 2.45) is 0 Å². The highest BCUT2D eigenvalue weighted by Crippen LogP contribution is 2.21. The average Bonchev–Trinajstić information content (AvgIpc) is 2.81. The molecule has 10 heteroatoms. The van der Waals surface area contributed by atoms with Gasteiger partial charge in [0, 0.05) is 35.6 Å². The number of hydrogen-bond donors (Lipinski definition) is 1. The van der Waals surface area contributed by atoms with Gasteiger partial charge < -0.3 is 10.2 Å². The van der Waals surface area contributed by atoms with E-state index in [4.69, 9.17) is 11.6 Å². The zero-order chi connectivity index (χ0) is 26.0. The number of rotatable bonds is 13. The second kappa shape index (κ2) is 13.8. The van der Waals surface area contributed by atoms with Crippen LogP contribution in [0.25, 0.3) is 0 Å². The van der Waals surface area contributed by atoms with E-state index in [1.54, 1.807) is 36.1 Å². The fraction of sp³-hybridized carbons (Fsp3) is 0.440. The second-order valence-electron chi connectivity index (χ2n) is 8.38. The highest BCUT2D eigenvalue weighted by molar-refractivity contribution is 9.10. The Hall–Kier alpha value is -2.10. The van der Waals surface area contributed by atoms with Gasteiger partial charge in [0.25, 0.3) is 0 Å². The number of anilines is 1. The molecule has 0 bridgehead atoms. The molecule has 2 amide bonds. The van der Waals surface area contributed by atoms with E-state index in [0.717, 1.165) is 29.1 Å². The number of nitrogens with one attached hydrogen (secondary N) is 1. The van der Waals surface area contributed by atoms with Crippen LogP contribution in [-0.4, -0.2) is 50.5 Å². The third kappa shape index (κ3) is 9.46. The number of nitrogens with zero attached hydrogens (tertiary/aromatic N) is 2. The number of amides is 2. The summed E-state index contributed by atoms with van der Waals surface area (Å²) in [6.45, 7) is 4.73. The van der Waals surface area contributed by atoms with E-state index in [1.165, 1.54) is 4.31 Å². The van der Waals surface area contributed by atoms with Crippen LogP contribution in [0.2, 0.25) is 5.02 Å². The summed E-state index contributed by atoms with van der Waals surface area (Å²) >= 11 is 9.34. The Labute approximate surface area is 222 Å². The van der Waals surface area contributed by atoms with E-state index in [0.29, 0.717) is 23.7 Å². The van der Waals surface area contributed by atoms with Crippen LogP contribution in [0.4, 0.5) is 5.69 Å². The van der Waals surface area contributed by atoms with E-state index in [9.17, 15) is 18.0 Å². The van der Waals surface area contributed by atoms with E-state index >= 15 is 0 Å². The van der Waals surface area contributed by atoms with Gasteiger partial charge in [-0.1, -0.05) is 53.0 Å². The van der Waals surface area contributed by atoms with Crippen LogP contribution in [0.5, 0.6) is 0 Å². The predicted octanol–water partition coefficient (Wildman–Crippen LogP) is 4.98. The number of halogens is 2. The number of carbonyl (C=O) groups excluding carboxylic acids is 2. The van der Waals surface area contributed by atoms with Gasteiger partial charge in [-0.3, -0.25) is 13.9 Å². The molecule has 0 aromatic heterocycles. The molecule has 2 aromatic carbocycles. The number of benzene rings is 2. The highest BCUT2D eigenvalue weighted by Gasteiger charge is 2.26. The van der Waals surface area contributed by atoms with Crippen molar-refractivity contribution in [3.05, 3.63) is 63.6 Å². The molecule has 1 unspecified atom stereocenters. The number of unbranched alkanes of at least 4 members (excludes halogenated alkanes) is 1. The van der Waals surface area contributed by atoms with Crippen LogP contribution in [-0.2, 0) is 26.2 Å². The zero-order valence-corrected chi connectivity index (χ0v) is 23.5. The largest absolute Gasteiger partial charge is 0.354 e. The molecular formula is C25H33BrClN3O4S. The molecular weight excluding hydrogens is 554 g/mol. The Kier molecular flexibility index (Phi) is 11.5. The Morgan fingerprint density at radius 2 is 1.69 bits per heavy atom. The predicted molar refractivity (Wildman–Crippen MR) is 145 cm³/mol. The van der Waals surface area contributed by atoms with Gasteiger partial charge in [0.2, 0.25) is 21.8 Å². The fourth-order valence-corrected chi connectivity index (χ4v) is 4.87. The van der Waals surface area contributed by atoms with Crippen LogP contribution >= 0.6 is 27.5 Å². The molecule has 2 aromatic rings. The van der Waals surface area contributed by atoms with Crippen LogP contribution in [0.15, 0.2) is 53.0 Å². The summed E-state index contributed by atoms with van der Waals surface area (Å²) in [6, 6.07) is 13.4. The van der Waals surface area contributed by atoms with Gasteiger partial charge in [0.15, 0.2) is 0 Å². The number of sulfonamides is 1. The number of carbonyl (C=O) groups is 2. The van der Waals surface area contributed by atoms with Crippen molar-refractivity contribution in [2.75, 3.05) is 23.7 Å². The Morgan fingerprint density at radius 1 is 1.06 bits per heavy atom. The maximum absolute atomic E-state index is 13.3. The van der Waals surface area contributed by atoms with E-state index in [2.05, 4.69) is 21.2 Å². The average molecular weight is 587 g/mol. The monoisotopic (exact) mass is 585 g/mol. The minimum Gasteiger partial charge on any atom is -0.354 e. The van der Waals surface area contributed by atoms with E-state index in [1.807, 2.05) is 31.2 Å². The minimum atomic E-state index is -3.55. The van der Waals surface area contributed by atoms with Crippen LogP contribution in [0.1, 0.15) is 45.1 Å². The first-order valence-electron chi connectivity index (χ1n) is 11.6. The summed E-state index contributed by atoms with van der Waals surface area (Å²) in [4.78, 5) is 27.5. The quantitative estimate of drug-likeness (QED) is 0.335. The van der Waals surface area contributed by atoms with E-state index in [-0.39, 0.29) is 31.3 Å². The van der Waals surface area contributed by atoms with Crippen molar-refractivity contribution in [1.29, 1.82) is 0 Å². The first kappa shape index (κ1) is 29.1. The molecule has 0 saturated heterocycles. The molecule has 35 heavy (non-hydrogen) atoms. The lowest BCUT2D eigenvalue weighted by atomic mass is 10.1. The maximum Gasteiger partial charge on any atom is 0.242 e. The highest BCUT2D eigenvalue weighted by atomic mass is 79.9. The molecule has 0 aliphatic heterocycles. The van der Waals surface area contributed by atoms with Gasteiger partial charge >= 0.3 is 0 Å². The van der Waals surface area contributed by atoms with Crippen LogP contribution in [0, 0.1) is 0 Å². The number of hydrogen-bond acceptors (Lipinski definition) is 4. The lowest BCUT2D eigenvalue weighted by molar-refractivity contribution is -0.140. The molecule has 0 aliphatic carbocycles. The summed E-state index contributed by atoms with van der Waals surface area (Å²) in [6.07, 6.45) is 3.36. The summed E-state index contributed by atoms with van der Waals surface area (Å²) in [5.41, 5.74) is 1.38. The zero-order valence-electron chi connectivity index (χ0n) is 20.3. The minimum absolute atomic E-state index is 0.0999. The topological polar surface area (TPSA) is 86.8 Å². The normalized spacial score (nSPS) is 12.1. The molecule has 0 saturated carbocycles. The van der Waals surface area contributed by atoms with Gasteiger partial charge in [-0.05, 0) is 61.7 Å². The summed E-state index contributed by atoms with van der Waals surface area (Å²) < 4.78 is 26.9. The first-order chi connectivity index (χ1) is 16.5. The molecule has 192 valence electrons. The first-order valence-corrected chi connectivity index (χ1v) is 14.6. The van der Waals surface area contributed by atoms with Gasteiger partial charge in [-0.2, -0.15) is 0 Å². The van der Waals surface area contributed by atoms with Crippen molar-refractivity contribution in [2.45, 2.75) is 52.1 Å². The Balaban J connectivity index is 2.12. The molecule has 2 rings (SSSR count). The lowest BCUT2D eigenvalue weighted by Gasteiger charge is -2.29. The molecule has 1 N–H and O–H groups in total. The lowest BCUT2D eigenvalue weighted by Crippen LogP contribution is -2.47. The smallest absolute Gasteiger partial charge is 0.242 e. The SMILES string of the molecule is CCCCNC(=O)C(C)N(Cc1ccc(Br)cc1)C(=O)CCCN(c1ccc(Cl)cc1)S(C)(=O)=O. The summed E-state index contributed by atoms with van der Waals surface area (Å²) in [5.74, 6) is -0.418. The molecule has 0 fully saturated rings. The molecule has 1 atom stereocenters. The van der Waals surface area contributed by atoms with Crippen molar-refractivity contribution in [3.8, 4) is 0 Å². The van der Waals surface area contributed by atoms with Crippen molar-refractivity contribution < 1.29 is 18.0 Å². The van der Waals surface area contributed by atoms with E-state index < -0.39 is 16.1 Å². The van der Waals surface area contributed by atoms with Crippen LogP contribution in [0.3, 0.4) is 0 Å². The molecule has 0 heterocycles.